The predicted octanol–water partition coefficient (Wildman–Crippen LogP) is 3.26. The molecule has 142 valence electrons. The van der Waals surface area contributed by atoms with E-state index in [1.54, 1.807) is 10.7 Å². The van der Waals surface area contributed by atoms with Crippen molar-refractivity contribution in [2.24, 2.45) is 0 Å². The molecule has 0 spiro atoms. The van der Waals surface area contributed by atoms with Gasteiger partial charge in [0, 0.05) is 11.1 Å². The zero-order valence-electron chi connectivity index (χ0n) is 15.3. The minimum Gasteiger partial charge on any atom is -0.364 e. The van der Waals surface area contributed by atoms with Gasteiger partial charge in [-0.25, -0.2) is 9.78 Å². The van der Waals surface area contributed by atoms with Crippen LogP contribution in [0.3, 0.4) is 0 Å². The van der Waals surface area contributed by atoms with Crippen molar-refractivity contribution in [3.8, 4) is 0 Å². The Hall–Kier alpha value is -3.19. The van der Waals surface area contributed by atoms with Crippen molar-refractivity contribution in [1.82, 2.24) is 25.2 Å². The number of nitrogens with one attached hydrogen (secondary N) is 2. The standard InChI is InChI=1S/C20H19ClN6O/c1-13(11-14-7-3-2-4-8-14)22-19-17-18(20(28)25-24-19)27(26-23-17)12-15-9-5-6-10-16(15)21/h2-10,13H,11-12H2,1H3,(H,22,24)(H,25,28). The minimum absolute atomic E-state index is 0.0951. The number of benzene rings is 2. The SMILES string of the molecule is CC(Cc1ccccc1)Nc1n[nH]c(=O)c2c1nnn2Cc1ccccc1Cl. The fourth-order valence-corrected chi connectivity index (χ4v) is 3.36. The molecule has 0 aliphatic carbocycles. The highest BCUT2D eigenvalue weighted by Gasteiger charge is 2.17. The Kier molecular flexibility index (Phi) is 5.08. The lowest BCUT2D eigenvalue weighted by molar-refractivity contribution is 0.667. The van der Waals surface area contributed by atoms with E-state index in [0.29, 0.717) is 28.4 Å². The molecule has 0 fully saturated rings. The van der Waals surface area contributed by atoms with Crippen molar-refractivity contribution < 1.29 is 0 Å². The summed E-state index contributed by atoms with van der Waals surface area (Å²) in [4.78, 5) is 12.4. The van der Waals surface area contributed by atoms with Gasteiger partial charge in [-0.2, -0.15) is 5.10 Å². The third-order valence-corrected chi connectivity index (χ3v) is 4.86. The number of aromatic nitrogens is 5. The van der Waals surface area contributed by atoms with E-state index in [9.17, 15) is 4.79 Å². The van der Waals surface area contributed by atoms with Crippen LogP contribution in [0.1, 0.15) is 18.1 Å². The second-order valence-corrected chi connectivity index (χ2v) is 7.08. The van der Waals surface area contributed by atoms with Gasteiger partial charge in [0.15, 0.2) is 16.9 Å². The lowest BCUT2D eigenvalue weighted by atomic mass is 10.1. The fraction of sp³-hybridized carbons (Fsp3) is 0.200. The third-order valence-electron chi connectivity index (χ3n) is 4.49. The Labute approximate surface area is 166 Å². The van der Waals surface area contributed by atoms with Gasteiger partial charge in [-0.05, 0) is 30.5 Å². The first-order valence-corrected chi connectivity index (χ1v) is 9.35. The highest BCUT2D eigenvalue weighted by molar-refractivity contribution is 6.31. The second kappa shape index (κ2) is 7.82. The molecule has 0 amide bonds. The van der Waals surface area contributed by atoms with E-state index in [1.165, 1.54) is 5.56 Å². The van der Waals surface area contributed by atoms with Gasteiger partial charge in [0.2, 0.25) is 0 Å². The number of H-pyrrole nitrogens is 1. The van der Waals surface area contributed by atoms with Crippen LogP contribution in [-0.4, -0.2) is 31.2 Å². The molecule has 2 aromatic heterocycles. The number of nitrogens with zero attached hydrogens (tertiary/aromatic N) is 4. The Morgan fingerprint density at radius 2 is 1.89 bits per heavy atom. The van der Waals surface area contributed by atoms with Crippen LogP contribution in [0, 0.1) is 0 Å². The highest BCUT2D eigenvalue weighted by atomic mass is 35.5. The van der Waals surface area contributed by atoms with Crippen molar-refractivity contribution in [3.05, 3.63) is 81.1 Å². The summed E-state index contributed by atoms with van der Waals surface area (Å²) in [5.41, 5.74) is 2.54. The number of halogens is 1. The van der Waals surface area contributed by atoms with E-state index in [0.717, 1.165) is 12.0 Å². The van der Waals surface area contributed by atoms with Crippen molar-refractivity contribution in [2.45, 2.75) is 25.9 Å². The summed E-state index contributed by atoms with van der Waals surface area (Å²) in [6, 6.07) is 17.7. The summed E-state index contributed by atoms with van der Waals surface area (Å²) in [5, 5.41) is 19.0. The molecule has 0 saturated heterocycles. The van der Waals surface area contributed by atoms with E-state index in [4.69, 9.17) is 11.6 Å². The maximum atomic E-state index is 12.4. The van der Waals surface area contributed by atoms with Gasteiger partial charge >= 0.3 is 0 Å². The van der Waals surface area contributed by atoms with Crippen LogP contribution >= 0.6 is 11.6 Å². The number of anilines is 1. The summed E-state index contributed by atoms with van der Waals surface area (Å²) >= 11 is 6.24. The van der Waals surface area contributed by atoms with Crippen LogP contribution in [-0.2, 0) is 13.0 Å². The van der Waals surface area contributed by atoms with E-state index in [1.807, 2.05) is 36.4 Å². The fourth-order valence-electron chi connectivity index (χ4n) is 3.16. The predicted molar refractivity (Wildman–Crippen MR) is 110 cm³/mol. The molecule has 8 heteroatoms. The molecule has 28 heavy (non-hydrogen) atoms. The Bertz CT molecular complexity index is 1150. The molecule has 4 aromatic rings. The van der Waals surface area contributed by atoms with Crippen molar-refractivity contribution in [2.75, 3.05) is 5.32 Å². The average molecular weight is 395 g/mol. The van der Waals surface area contributed by atoms with Crippen molar-refractivity contribution >= 4 is 28.5 Å². The minimum atomic E-state index is -0.340. The number of aromatic amines is 1. The Balaban J connectivity index is 1.62. The summed E-state index contributed by atoms with van der Waals surface area (Å²) in [7, 11) is 0. The van der Waals surface area contributed by atoms with Crippen LogP contribution in [0.2, 0.25) is 5.02 Å². The molecule has 4 rings (SSSR count). The number of fused-ring (bicyclic) bond motifs is 1. The molecule has 0 bridgehead atoms. The van der Waals surface area contributed by atoms with Crippen LogP contribution in [0.15, 0.2) is 59.4 Å². The molecule has 2 heterocycles. The molecule has 2 aromatic carbocycles. The normalized spacial score (nSPS) is 12.2. The molecule has 2 N–H and O–H groups in total. The average Bonchev–Trinajstić information content (AvgIpc) is 3.11. The van der Waals surface area contributed by atoms with Gasteiger partial charge in [0.05, 0.1) is 6.54 Å². The molecule has 0 radical (unpaired) electrons. The zero-order chi connectivity index (χ0) is 19.5. The van der Waals surface area contributed by atoms with E-state index in [2.05, 4.69) is 44.9 Å². The summed E-state index contributed by atoms with van der Waals surface area (Å²) < 4.78 is 1.55. The third kappa shape index (κ3) is 3.75. The first-order valence-electron chi connectivity index (χ1n) is 8.97. The van der Waals surface area contributed by atoms with Crippen molar-refractivity contribution in [3.63, 3.8) is 0 Å². The van der Waals surface area contributed by atoms with Gasteiger partial charge in [-0.3, -0.25) is 4.79 Å². The lowest BCUT2D eigenvalue weighted by Crippen LogP contribution is -2.22. The first kappa shape index (κ1) is 18.2. The van der Waals surface area contributed by atoms with Crippen LogP contribution < -0.4 is 10.9 Å². The number of rotatable bonds is 6. The van der Waals surface area contributed by atoms with Crippen LogP contribution in [0.25, 0.3) is 11.0 Å². The second-order valence-electron chi connectivity index (χ2n) is 6.67. The zero-order valence-corrected chi connectivity index (χ0v) is 16.0. The van der Waals surface area contributed by atoms with E-state index in [-0.39, 0.29) is 11.6 Å². The van der Waals surface area contributed by atoms with Crippen LogP contribution in [0.4, 0.5) is 5.82 Å². The largest absolute Gasteiger partial charge is 0.364 e. The van der Waals surface area contributed by atoms with E-state index >= 15 is 0 Å². The van der Waals surface area contributed by atoms with Gasteiger partial charge in [-0.1, -0.05) is 65.3 Å². The maximum Gasteiger partial charge on any atom is 0.292 e. The molecular formula is C20H19ClN6O. The maximum absolute atomic E-state index is 12.4. The molecular weight excluding hydrogens is 376 g/mol. The Morgan fingerprint density at radius 1 is 1.14 bits per heavy atom. The molecule has 0 aliphatic rings. The number of hydrogen-bond donors (Lipinski definition) is 2. The molecule has 1 unspecified atom stereocenters. The Morgan fingerprint density at radius 3 is 2.68 bits per heavy atom. The van der Waals surface area contributed by atoms with Gasteiger partial charge in [0.25, 0.3) is 5.56 Å². The molecule has 1 atom stereocenters. The van der Waals surface area contributed by atoms with Gasteiger partial charge in [-0.15, -0.1) is 5.10 Å². The summed E-state index contributed by atoms with van der Waals surface area (Å²) in [6.45, 7) is 2.40. The quantitative estimate of drug-likeness (QED) is 0.524. The summed E-state index contributed by atoms with van der Waals surface area (Å²) in [5.74, 6) is 0.503. The first-order chi connectivity index (χ1) is 13.6. The monoisotopic (exact) mass is 394 g/mol. The highest BCUT2D eigenvalue weighted by Crippen LogP contribution is 2.20. The topological polar surface area (TPSA) is 88.5 Å². The van der Waals surface area contributed by atoms with E-state index < -0.39 is 0 Å². The smallest absolute Gasteiger partial charge is 0.292 e. The lowest BCUT2D eigenvalue weighted by Gasteiger charge is -2.14. The van der Waals surface area contributed by atoms with Crippen LogP contribution in [0.5, 0.6) is 0 Å². The molecule has 7 nitrogen and oxygen atoms in total. The van der Waals surface area contributed by atoms with Gasteiger partial charge in [0.1, 0.15) is 0 Å². The summed E-state index contributed by atoms with van der Waals surface area (Å²) in [6.07, 6.45) is 0.816. The van der Waals surface area contributed by atoms with Gasteiger partial charge < -0.3 is 5.32 Å². The molecule has 0 aliphatic heterocycles. The van der Waals surface area contributed by atoms with Crippen molar-refractivity contribution in [1.29, 1.82) is 0 Å². The molecule has 0 saturated carbocycles. The number of hydrogen-bond acceptors (Lipinski definition) is 5.